The summed E-state index contributed by atoms with van der Waals surface area (Å²) >= 11 is 0. The third kappa shape index (κ3) is 6.57. The lowest BCUT2D eigenvalue weighted by Crippen LogP contribution is -2.26. The van der Waals surface area contributed by atoms with E-state index in [0.29, 0.717) is 5.75 Å². The van der Waals surface area contributed by atoms with E-state index in [4.69, 9.17) is 9.84 Å². The summed E-state index contributed by atoms with van der Waals surface area (Å²) in [5.74, 6) is -0.216. The van der Waals surface area contributed by atoms with Crippen LogP contribution < -0.4 is 4.74 Å². The van der Waals surface area contributed by atoms with Gasteiger partial charge in [0.05, 0.1) is 11.7 Å². The molecule has 5 nitrogen and oxygen atoms in total. The molecule has 196 valence electrons. The first-order valence-electron chi connectivity index (χ1n) is 13.3. The second-order valence-electron chi connectivity index (χ2n) is 10.4. The van der Waals surface area contributed by atoms with Gasteiger partial charge in [-0.25, -0.2) is 0 Å². The number of rotatable bonds is 12. The van der Waals surface area contributed by atoms with Gasteiger partial charge in [-0.3, -0.25) is 4.79 Å². The van der Waals surface area contributed by atoms with Crippen LogP contribution in [0.3, 0.4) is 0 Å². The molecule has 1 aliphatic rings. The number of hydrogen-bond donors (Lipinski definition) is 3. The molecule has 0 bridgehead atoms. The fourth-order valence-corrected chi connectivity index (χ4v) is 5.46. The molecule has 36 heavy (non-hydrogen) atoms. The van der Waals surface area contributed by atoms with E-state index < -0.39 is 17.7 Å². The maximum Gasteiger partial charge on any atom is 0.303 e. The number of aryl methyl sites for hydroxylation is 2. The van der Waals surface area contributed by atoms with E-state index in [0.717, 1.165) is 49.7 Å². The number of carboxylic acids is 1. The van der Waals surface area contributed by atoms with Gasteiger partial charge in [0, 0.05) is 11.8 Å². The maximum absolute atomic E-state index is 10.7. The van der Waals surface area contributed by atoms with Crippen LogP contribution >= 0.6 is 0 Å². The number of ether oxygens (including phenoxy) is 1. The van der Waals surface area contributed by atoms with E-state index in [1.165, 1.54) is 16.7 Å². The zero-order valence-electron chi connectivity index (χ0n) is 22.2. The van der Waals surface area contributed by atoms with Crippen LogP contribution in [0.4, 0.5) is 0 Å². The summed E-state index contributed by atoms with van der Waals surface area (Å²) in [5, 5.41) is 29.5. The molecule has 1 atom stereocenters. The van der Waals surface area contributed by atoms with Gasteiger partial charge < -0.3 is 20.1 Å². The molecule has 1 fully saturated rings. The van der Waals surface area contributed by atoms with Crippen molar-refractivity contribution < 1.29 is 24.9 Å². The van der Waals surface area contributed by atoms with Crippen LogP contribution in [0.25, 0.3) is 6.08 Å². The van der Waals surface area contributed by atoms with Crippen molar-refractivity contribution in [3.63, 3.8) is 0 Å². The molecule has 0 aromatic heterocycles. The van der Waals surface area contributed by atoms with Gasteiger partial charge in [0.15, 0.2) is 0 Å². The van der Waals surface area contributed by atoms with Crippen LogP contribution in [-0.2, 0) is 10.2 Å². The van der Waals surface area contributed by atoms with E-state index in [1.54, 1.807) is 0 Å². The second kappa shape index (κ2) is 12.1. The molecule has 0 aliphatic heterocycles. The Morgan fingerprint density at radius 2 is 1.67 bits per heavy atom. The average Bonchev–Trinajstić information content (AvgIpc) is 3.29. The van der Waals surface area contributed by atoms with Gasteiger partial charge in [-0.15, -0.1) is 0 Å². The second-order valence-corrected chi connectivity index (χ2v) is 10.4. The van der Waals surface area contributed by atoms with Gasteiger partial charge >= 0.3 is 5.97 Å². The van der Waals surface area contributed by atoms with Gasteiger partial charge in [-0.05, 0) is 79.8 Å². The molecule has 0 saturated heterocycles. The van der Waals surface area contributed by atoms with Crippen molar-refractivity contribution in [3.05, 3.63) is 70.3 Å². The molecule has 3 rings (SSSR count). The van der Waals surface area contributed by atoms with E-state index >= 15 is 0 Å². The summed E-state index contributed by atoms with van der Waals surface area (Å²) in [5.41, 5.74) is 5.04. The molecule has 0 radical (unpaired) electrons. The zero-order chi connectivity index (χ0) is 26.3. The molecule has 0 unspecified atom stereocenters. The van der Waals surface area contributed by atoms with Crippen LogP contribution in [0.2, 0.25) is 0 Å². The Balaban J connectivity index is 1.81. The summed E-state index contributed by atoms with van der Waals surface area (Å²) in [6, 6.07) is 12.9. The molecule has 1 aliphatic carbocycles. The topological polar surface area (TPSA) is 87.0 Å². The van der Waals surface area contributed by atoms with Gasteiger partial charge in [-0.2, -0.15) is 0 Å². The van der Waals surface area contributed by atoms with Crippen LogP contribution in [0.1, 0.15) is 93.0 Å². The third-order valence-electron chi connectivity index (χ3n) is 7.92. The number of benzene rings is 2. The first-order chi connectivity index (χ1) is 17.1. The first kappa shape index (κ1) is 27.9. The molecule has 0 amide bonds. The molecule has 2 aromatic carbocycles. The average molecular weight is 495 g/mol. The molecule has 3 N–H and O–H groups in total. The minimum absolute atomic E-state index is 0.0729. The van der Waals surface area contributed by atoms with Crippen molar-refractivity contribution in [1.82, 2.24) is 0 Å². The zero-order valence-corrected chi connectivity index (χ0v) is 22.2. The minimum atomic E-state index is -0.921. The van der Waals surface area contributed by atoms with E-state index in [1.807, 2.05) is 19.1 Å². The standard InChI is InChI=1S/C31H42O5/c1-5-31(6-2,25-10-9-24(22(3)19-25)15-18-30(35)16-7-8-17-30)26-11-13-28(23(4)20-26)36-21-27(32)12-14-29(33)34/h9-11,13,15,18-20,27,32,35H,5-8,12,14,16-17,21H2,1-4H3,(H,33,34)/b18-15+/t27-/m1/s1. The SMILES string of the molecule is CCC(CC)(c1ccc(/C=C/C2(O)CCCC2)c(C)c1)c1ccc(OC[C@H](O)CCC(=O)O)c(C)c1. The monoisotopic (exact) mass is 494 g/mol. The van der Waals surface area contributed by atoms with Gasteiger partial charge in [0.25, 0.3) is 0 Å². The number of hydrogen-bond acceptors (Lipinski definition) is 4. The highest BCUT2D eigenvalue weighted by Gasteiger charge is 2.32. The van der Waals surface area contributed by atoms with Crippen LogP contribution in [-0.4, -0.2) is 39.6 Å². The van der Waals surface area contributed by atoms with E-state index in [2.05, 4.69) is 57.2 Å². The number of aliphatic carboxylic acids is 1. The number of aliphatic hydroxyl groups excluding tert-OH is 1. The Morgan fingerprint density at radius 3 is 2.22 bits per heavy atom. The van der Waals surface area contributed by atoms with Crippen molar-refractivity contribution >= 4 is 12.0 Å². The van der Waals surface area contributed by atoms with Crippen molar-refractivity contribution in [1.29, 1.82) is 0 Å². The third-order valence-corrected chi connectivity index (χ3v) is 7.92. The smallest absolute Gasteiger partial charge is 0.303 e. The lowest BCUT2D eigenvalue weighted by molar-refractivity contribution is -0.137. The van der Waals surface area contributed by atoms with Gasteiger partial charge in [0.1, 0.15) is 12.4 Å². The van der Waals surface area contributed by atoms with E-state index in [9.17, 15) is 15.0 Å². The van der Waals surface area contributed by atoms with Crippen molar-refractivity contribution in [2.24, 2.45) is 0 Å². The van der Waals surface area contributed by atoms with E-state index in [-0.39, 0.29) is 24.9 Å². The number of carboxylic acid groups (broad SMARTS) is 1. The highest BCUT2D eigenvalue weighted by atomic mass is 16.5. The largest absolute Gasteiger partial charge is 0.491 e. The molecule has 1 saturated carbocycles. The number of aliphatic hydroxyl groups is 2. The first-order valence-corrected chi connectivity index (χ1v) is 13.3. The Labute approximate surface area is 215 Å². The Bertz CT molecular complexity index is 1060. The fourth-order valence-electron chi connectivity index (χ4n) is 5.46. The molecular formula is C31H42O5. The molecular weight excluding hydrogens is 452 g/mol. The highest BCUT2D eigenvalue weighted by molar-refractivity contribution is 5.66. The lowest BCUT2D eigenvalue weighted by Gasteiger charge is -2.34. The van der Waals surface area contributed by atoms with Gasteiger partial charge in [0.2, 0.25) is 0 Å². The van der Waals surface area contributed by atoms with Crippen LogP contribution in [0.15, 0.2) is 42.5 Å². The normalized spacial score (nSPS) is 16.4. The molecule has 0 heterocycles. The summed E-state index contributed by atoms with van der Waals surface area (Å²) in [6.07, 6.45) is 9.10. The molecule has 2 aromatic rings. The van der Waals surface area contributed by atoms with Crippen molar-refractivity contribution in [2.45, 2.75) is 96.2 Å². The van der Waals surface area contributed by atoms with Crippen molar-refractivity contribution in [3.8, 4) is 5.75 Å². The summed E-state index contributed by atoms with van der Waals surface area (Å²) < 4.78 is 5.81. The predicted octanol–water partition coefficient (Wildman–Crippen LogP) is 6.33. The fraction of sp³-hybridized carbons (Fsp3) is 0.516. The Kier molecular flexibility index (Phi) is 9.37. The molecule has 0 spiro atoms. The van der Waals surface area contributed by atoms with Crippen molar-refractivity contribution in [2.75, 3.05) is 6.61 Å². The van der Waals surface area contributed by atoms with Gasteiger partial charge in [-0.1, -0.05) is 69.2 Å². The lowest BCUT2D eigenvalue weighted by atomic mass is 9.70. The minimum Gasteiger partial charge on any atom is -0.491 e. The molecule has 5 heteroatoms. The summed E-state index contributed by atoms with van der Waals surface area (Å²) in [4.78, 5) is 10.7. The Hall–Kier alpha value is -2.63. The van der Waals surface area contributed by atoms with Crippen LogP contribution in [0.5, 0.6) is 5.75 Å². The summed E-state index contributed by atoms with van der Waals surface area (Å²) in [7, 11) is 0. The summed E-state index contributed by atoms with van der Waals surface area (Å²) in [6.45, 7) is 8.66. The maximum atomic E-state index is 10.7. The Morgan fingerprint density at radius 1 is 1.06 bits per heavy atom. The number of carbonyl (C=O) groups is 1. The predicted molar refractivity (Wildman–Crippen MR) is 145 cm³/mol. The highest BCUT2D eigenvalue weighted by Crippen LogP contribution is 2.41. The van der Waals surface area contributed by atoms with Crippen LogP contribution in [0, 0.1) is 13.8 Å². The quantitative estimate of drug-likeness (QED) is 0.321.